The first-order valence-electron chi connectivity index (χ1n) is 7.05. The minimum absolute atomic E-state index is 0.131. The Morgan fingerprint density at radius 3 is 2.31 bits per heavy atom. The van der Waals surface area contributed by atoms with E-state index >= 15 is 0 Å². The monoisotopic (exact) mass is 226 g/mol. The molecule has 2 aliphatic carbocycles. The van der Waals surface area contributed by atoms with Gasteiger partial charge in [-0.05, 0) is 38.5 Å². The summed E-state index contributed by atoms with van der Waals surface area (Å²) in [4.78, 5) is 0. The summed E-state index contributed by atoms with van der Waals surface area (Å²) in [7, 11) is 0. The summed E-state index contributed by atoms with van der Waals surface area (Å²) in [5.41, 5.74) is 0.131. The van der Waals surface area contributed by atoms with Crippen molar-refractivity contribution in [2.45, 2.75) is 76.4 Å². The average molecular weight is 226 g/mol. The quantitative estimate of drug-likeness (QED) is 0.797. The standard InChI is InChI=1S/C14H26O2/c1-12(15)11-16-14(9-5-2-6-10-14)13-7-3-4-8-13/h12-13,15H,2-11H2,1H3. The van der Waals surface area contributed by atoms with Crippen LogP contribution in [-0.4, -0.2) is 23.4 Å². The third kappa shape index (κ3) is 2.78. The molecule has 2 nitrogen and oxygen atoms in total. The van der Waals surface area contributed by atoms with Crippen LogP contribution in [0.25, 0.3) is 0 Å². The van der Waals surface area contributed by atoms with E-state index in [1.165, 1.54) is 57.8 Å². The Hall–Kier alpha value is -0.0800. The highest BCUT2D eigenvalue weighted by Gasteiger charge is 2.41. The number of hydrogen-bond donors (Lipinski definition) is 1. The molecule has 0 saturated heterocycles. The minimum atomic E-state index is -0.319. The van der Waals surface area contributed by atoms with Gasteiger partial charge in [0.05, 0.1) is 18.3 Å². The van der Waals surface area contributed by atoms with Crippen molar-refractivity contribution in [2.24, 2.45) is 5.92 Å². The van der Waals surface area contributed by atoms with E-state index in [-0.39, 0.29) is 11.7 Å². The molecule has 1 unspecified atom stereocenters. The SMILES string of the molecule is CC(O)COC1(C2CCCC2)CCCCC1. The summed E-state index contributed by atoms with van der Waals surface area (Å²) < 4.78 is 6.17. The smallest absolute Gasteiger partial charge is 0.0745 e. The van der Waals surface area contributed by atoms with Crippen LogP contribution in [-0.2, 0) is 4.74 Å². The zero-order valence-corrected chi connectivity index (χ0v) is 10.6. The number of hydrogen-bond acceptors (Lipinski definition) is 2. The molecular formula is C14H26O2. The zero-order chi connectivity index (χ0) is 11.4. The van der Waals surface area contributed by atoms with Crippen molar-refractivity contribution < 1.29 is 9.84 Å². The van der Waals surface area contributed by atoms with Crippen molar-refractivity contribution in [2.75, 3.05) is 6.61 Å². The maximum atomic E-state index is 9.42. The molecule has 2 rings (SSSR count). The van der Waals surface area contributed by atoms with Gasteiger partial charge in [0.1, 0.15) is 0 Å². The van der Waals surface area contributed by atoms with Gasteiger partial charge in [0, 0.05) is 0 Å². The zero-order valence-electron chi connectivity index (χ0n) is 10.6. The lowest BCUT2D eigenvalue weighted by molar-refractivity contribution is -0.128. The second kappa shape index (κ2) is 5.50. The van der Waals surface area contributed by atoms with E-state index in [1.54, 1.807) is 0 Å². The van der Waals surface area contributed by atoms with Gasteiger partial charge in [-0.1, -0.05) is 32.1 Å². The van der Waals surface area contributed by atoms with Crippen molar-refractivity contribution in [1.82, 2.24) is 0 Å². The van der Waals surface area contributed by atoms with E-state index in [0.717, 1.165) is 5.92 Å². The molecule has 16 heavy (non-hydrogen) atoms. The average Bonchev–Trinajstić information content (AvgIpc) is 2.82. The lowest BCUT2D eigenvalue weighted by atomic mass is 9.74. The summed E-state index contributed by atoms with van der Waals surface area (Å²) in [5.74, 6) is 0.770. The van der Waals surface area contributed by atoms with Gasteiger partial charge in [0.25, 0.3) is 0 Å². The normalized spacial score (nSPS) is 28.1. The van der Waals surface area contributed by atoms with E-state index in [1.807, 2.05) is 6.92 Å². The molecule has 0 radical (unpaired) electrons. The van der Waals surface area contributed by atoms with Gasteiger partial charge >= 0.3 is 0 Å². The highest BCUT2D eigenvalue weighted by atomic mass is 16.5. The van der Waals surface area contributed by atoms with Crippen LogP contribution in [0.3, 0.4) is 0 Å². The van der Waals surface area contributed by atoms with Crippen LogP contribution in [0.15, 0.2) is 0 Å². The predicted octanol–water partition coefficient (Wildman–Crippen LogP) is 3.28. The van der Waals surface area contributed by atoms with Crippen molar-refractivity contribution >= 4 is 0 Å². The molecule has 0 aromatic rings. The van der Waals surface area contributed by atoms with E-state index in [4.69, 9.17) is 4.74 Å². The molecule has 1 atom stereocenters. The van der Waals surface area contributed by atoms with Crippen molar-refractivity contribution in [3.05, 3.63) is 0 Å². The highest BCUT2D eigenvalue weighted by Crippen LogP contribution is 2.45. The fourth-order valence-corrected chi connectivity index (χ4v) is 3.56. The van der Waals surface area contributed by atoms with Crippen LogP contribution < -0.4 is 0 Å². The Kier molecular flexibility index (Phi) is 4.26. The summed E-state index contributed by atoms with van der Waals surface area (Å²) in [6.07, 6.45) is 11.6. The number of ether oxygens (including phenoxy) is 1. The van der Waals surface area contributed by atoms with E-state index in [9.17, 15) is 5.11 Å². The fourth-order valence-electron chi connectivity index (χ4n) is 3.56. The highest BCUT2D eigenvalue weighted by molar-refractivity contribution is 4.93. The first-order chi connectivity index (χ1) is 7.73. The second-order valence-electron chi connectivity index (χ2n) is 5.77. The fraction of sp³-hybridized carbons (Fsp3) is 1.00. The molecule has 94 valence electrons. The maximum absolute atomic E-state index is 9.42. The Bertz CT molecular complexity index is 201. The summed E-state index contributed by atoms with van der Waals surface area (Å²) in [6.45, 7) is 2.35. The van der Waals surface area contributed by atoms with Crippen molar-refractivity contribution in [3.8, 4) is 0 Å². The summed E-state index contributed by atoms with van der Waals surface area (Å²) in [6, 6.07) is 0. The van der Waals surface area contributed by atoms with Gasteiger partial charge < -0.3 is 9.84 Å². The largest absolute Gasteiger partial charge is 0.391 e. The Labute approximate surface area is 99.4 Å². The Balaban J connectivity index is 1.98. The van der Waals surface area contributed by atoms with E-state index in [2.05, 4.69) is 0 Å². The van der Waals surface area contributed by atoms with Crippen LogP contribution in [0.2, 0.25) is 0 Å². The first-order valence-corrected chi connectivity index (χ1v) is 7.05. The molecule has 2 aliphatic rings. The van der Waals surface area contributed by atoms with E-state index in [0.29, 0.717) is 6.61 Å². The van der Waals surface area contributed by atoms with Crippen LogP contribution in [0.1, 0.15) is 64.7 Å². The number of rotatable bonds is 4. The van der Waals surface area contributed by atoms with Crippen LogP contribution in [0, 0.1) is 5.92 Å². The van der Waals surface area contributed by atoms with Gasteiger partial charge in [0.15, 0.2) is 0 Å². The summed E-state index contributed by atoms with van der Waals surface area (Å²) in [5, 5.41) is 9.42. The molecule has 0 aromatic heterocycles. The van der Waals surface area contributed by atoms with Crippen LogP contribution in [0.5, 0.6) is 0 Å². The van der Waals surface area contributed by atoms with Gasteiger partial charge in [-0.2, -0.15) is 0 Å². The minimum Gasteiger partial charge on any atom is -0.391 e. The van der Waals surface area contributed by atoms with E-state index < -0.39 is 0 Å². The van der Waals surface area contributed by atoms with Gasteiger partial charge in [-0.15, -0.1) is 0 Å². The van der Waals surface area contributed by atoms with Crippen LogP contribution >= 0.6 is 0 Å². The third-order valence-corrected chi connectivity index (χ3v) is 4.41. The molecule has 2 saturated carbocycles. The van der Waals surface area contributed by atoms with Crippen molar-refractivity contribution in [3.63, 3.8) is 0 Å². The molecule has 0 amide bonds. The lowest BCUT2D eigenvalue weighted by Crippen LogP contribution is -2.43. The molecule has 0 bridgehead atoms. The lowest BCUT2D eigenvalue weighted by Gasteiger charge is -2.42. The summed E-state index contributed by atoms with van der Waals surface area (Å²) >= 11 is 0. The molecule has 0 heterocycles. The predicted molar refractivity (Wildman–Crippen MR) is 65.4 cm³/mol. The Morgan fingerprint density at radius 1 is 1.12 bits per heavy atom. The topological polar surface area (TPSA) is 29.5 Å². The molecule has 2 heteroatoms. The molecule has 2 fully saturated rings. The van der Waals surface area contributed by atoms with Gasteiger partial charge in [0.2, 0.25) is 0 Å². The molecular weight excluding hydrogens is 200 g/mol. The second-order valence-corrected chi connectivity index (χ2v) is 5.77. The maximum Gasteiger partial charge on any atom is 0.0745 e. The van der Waals surface area contributed by atoms with Gasteiger partial charge in [-0.25, -0.2) is 0 Å². The van der Waals surface area contributed by atoms with Crippen LogP contribution in [0.4, 0.5) is 0 Å². The van der Waals surface area contributed by atoms with Crippen molar-refractivity contribution in [1.29, 1.82) is 0 Å². The number of aliphatic hydroxyl groups is 1. The third-order valence-electron chi connectivity index (χ3n) is 4.41. The number of aliphatic hydroxyl groups excluding tert-OH is 1. The molecule has 0 spiro atoms. The molecule has 0 aliphatic heterocycles. The molecule has 1 N–H and O–H groups in total. The molecule has 0 aromatic carbocycles. The first kappa shape index (κ1) is 12.4. The van der Waals surface area contributed by atoms with Gasteiger partial charge in [-0.3, -0.25) is 0 Å². The Morgan fingerprint density at radius 2 is 1.75 bits per heavy atom.